The fourth-order valence-electron chi connectivity index (χ4n) is 8.25. The number of rotatable bonds is 3. The van der Waals surface area contributed by atoms with Crippen molar-refractivity contribution in [3.63, 3.8) is 0 Å². The zero-order valence-corrected chi connectivity index (χ0v) is 26.7. The Labute approximate surface area is 282 Å². The van der Waals surface area contributed by atoms with Crippen molar-refractivity contribution in [2.45, 2.75) is 0 Å². The van der Waals surface area contributed by atoms with Crippen LogP contribution in [0.2, 0.25) is 0 Å². The molecule has 0 aliphatic heterocycles. The molecule has 0 spiro atoms. The summed E-state index contributed by atoms with van der Waals surface area (Å²) in [7, 11) is 2.16. The van der Waals surface area contributed by atoms with Gasteiger partial charge in [0.2, 0.25) is 0 Å². The van der Waals surface area contributed by atoms with Crippen LogP contribution in [0.5, 0.6) is 0 Å². The first-order chi connectivity index (χ1) is 24.2. The van der Waals surface area contributed by atoms with E-state index in [-0.39, 0.29) is 0 Å². The first-order valence-corrected chi connectivity index (χ1v) is 16.7. The third kappa shape index (κ3) is 3.68. The second kappa shape index (κ2) is 9.75. The first kappa shape index (κ1) is 26.5. The highest BCUT2D eigenvalue weighted by Gasteiger charge is 2.23. The predicted octanol–water partition coefficient (Wildman–Crippen LogP) is 11.4. The van der Waals surface area contributed by atoms with Gasteiger partial charge in [0.05, 0.1) is 22.4 Å². The molecule has 0 saturated heterocycles. The molecule has 0 saturated carbocycles. The highest BCUT2D eigenvalue weighted by molar-refractivity contribution is 6.15. The van der Waals surface area contributed by atoms with Gasteiger partial charge in [-0.1, -0.05) is 72.8 Å². The van der Waals surface area contributed by atoms with E-state index in [4.69, 9.17) is 9.97 Å². The van der Waals surface area contributed by atoms with E-state index in [9.17, 15) is 0 Å². The summed E-state index contributed by atoms with van der Waals surface area (Å²) >= 11 is 0. The quantitative estimate of drug-likeness (QED) is 0.196. The second-order valence-corrected chi connectivity index (χ2v) is 13.1. The van der Waals surface area contributed by atoms with Gasteiger partial charge in [0.15, 0.2) is 0 Å². The highest BCUT2D eigenvalue weighted by atomic mass is 15.0. The molecule has 4 nitrogen and oxygen atoms in total. The summed E-state index contributed by atoms with van der Waals surface area (Å²) in [4.78, 5) is 9.80. The van der Waals surface area contributed by atoms with Gasteiger partial charge in [0.25, 0.3) is 0 Å². The molecule has 0 N–H and O–H groups in total. The van der Waals surface area contributed by atoms with E-state index >= 15 is 0 Å². The Kier molecular flexibility index (Phi) is 5.28. The predicted molar refractivity (Wildman–Crippen MR) is 203 cm³/mol. The van der Waals surface area contributed by atoms with Crippen molar-refractivity contribution in [1.29, 1.82) is 0 Å². The second-order valence-electron chi connectivity index (χ2n) is 13.1. The van der Waals surface area contributed by atoms with E-state index in [2.05, 4.69) is 156 Å². The molecule has 228 valence electrons. The van der Waals surface area contributed by atoms with Crippen LogP contribution >= 0.6 is 0 Å². The van der Waals surface area contributed by atoms with Crippen molar-refractivity contribution in [1.82, 2.24) is 19.1 Å². The molecule has 49 heavy (non-hydrogen) atoms. The smallest absolute Gasteiger partial charge is 0.0794 e. The van der Waals surface area contributed by atoms with Crippen LogP contribution in [-0.4, -0.2) is 19.1 Å². The van der Waals surface area contributed by atoms with Gasteiger partial charge in [-0.05, 0) is 88.8 Å². The number of nitrogens with zero attached hydrogens (tertiary/aromatic N) is 4. The normalized spacial score (nSPS) is 12.2. The van der Waals surface area contributed by atoms with Gasteiger partial charge in [-0.25, -0.2) is 0 Å². The molecule has 1 aliphatic rings. The van der Waals surface area contributed by atoms with Crippen molar-refractivity contribution < 1.29 is 0 Å². The van der Waals surface area contributed by atoms with Crippen LogP contribution in [0.25, 0.3) is 105 Å². The van der Waals surface area contributed by atoms with E-state index in [1.165, 1.54) is 76.8 Å². The number of benzene rings is 6. The van der Waals surface area contributed by atoms with Crippen LogP contribution in [0, 0.1) is 0 Å². The Balaban J connectivity index is 1.06. The number of pyridine rings is 2. The molecule has 0 radical (unpaired) electrons. The topological polar surface area (TPSA) is 35.6 Å². The van der Waals surface area contributed by atoms with E-state index in [1.807, 2.05) is 12.4 Å². The molecule has 0 atom stereocenters. The van der Waals surface area contributed by atoms with E-state index < -0.39 is 0 Å². The molecule has 0 fully saturated rings. The van der Waals surface area contributed by atoms with Crippen molar-refractivity contribution >= 4 is 54.4 Å². The Morgan fingerprint density at radius 3 is 1.96 bits per heavy atom. The lowest BCUT2D eigenvalue weighted by atomic mass is 9.99. The minimum Gasteiger partial charge on any atom is -0.344 e. The summed E-state index contributed by atoms with van der Waals surface area (Å²) in [6, 6.07) is 50.6. The number of aromatic nitrogens is 4. The van der Waals surface area contributed by atoms with Gasteiger partial charge in [-0.2, -0.15) is 0 Å². The van der Waals surface area contributed by atoms with Crippen LogP contribution < -0.4 is 0 Å². The molecule has 6 aromatic carbocycles. The Morgan fingerprint density at radius 1 is 0.469 bits per heavy atom. The molecule has 0 unspecified atom stereocenters. The van der Waals surface area contributed by atoms with Crippen LogP contribution in [0.3, 0.4) is 0 Å². The van der Waals surface area contributed by atoms with Crippen LogP contribution in [0.15, 0.2) is 152 Å². The molecule has 4 heteroatoms. The average molecular weight is 625 g/mol. The molecule has 0 amide bonds. The van der Waals surface area contributed by atoms with E-state index in [0.29, 0.717) is 0 Å². The fraction of sp³-hybridized carbons (Fsp3) is 0.0222. The SMILES string of the molecule is Cn1c2ccc(-c3ccc4c(c3)c3ccccc3n4-c3ccccc3)cc2c2cc(-c3cc4c(cn3)-c3cccc5ccnc-4c35)ccc21. The van der Waals surface area contributed by atoms with E-state index in [0.717, 1.165) is 28.1 Å². The number of fused-ring (bicyclic) bond motifs is 9. The molecule has 1 aliphatic carbocycles. The summed E-state index contributed by atoms with van der Waals surface area (Å²) in [6.45, 7) is 0. The molecular weight excluding hydrogens is 597 g/mol. The third-order valence-corrected chi connectivity index (χ3v) is 10.6. The summed E-state index contributed by atoms with van der Waals surface area (Å²) in [5.74, 6) is 0. The molecule has 0 bridgehead atoms. The molecule has 4 aromatic heterocycles. The number of para-hydroxylation sites is 2. The van der Waals surface area contributed by atoms with Crippen molar-refractivity contribution in [2.75, 3.05) is 0 Å². The monoisotopic (exact) mass is 624 g/mol. The molecule has 4 heterocycles. The summed E-state index contributed by atoms with van der Waals surface area (Å²) < 4.78 is 4.67. The van der Waals surface area contributed by atoms with Gasteiger partial charge in [0, 0.05) is 79.8 Å². The maximum atomic E-state index is 4.99. The van der Waals surface area contributed by atoms with Crippen LogP contribution in [0.1, 0.15) is 0 Å². The van der Waals surface area contributed by atoms with Gasteiger partial charge >= 0.3 is 0 Å². The fourth-order valence-corrected chi connectivity index (χ4v) is 8.25. The molecular formula is C45H28N4. The van der Waals surface area contributed by atoms with E-state index in [1.54, 1.807) is 0 Å². The first-order valence-electron chi connectivity index (χ1n) is 16.7. The van der Waals surface area contributed by atoms with Crippen molar-refractivity contribution in [3.05, 3.63) is 152 Å². The third-order valence-electron chi connectivity index (χ3n) is 10.6. The maximum absolute atomic E-state index is 4.99. The Bertz CT molecular complexity index is 2990. The largest absolute Gasteiger partial charge is 0.344 e. The lowest BCUT2D eigenvalue weighted by molar-refractivity contribution is 1.01. The van der Waals surface area contributed by atoms with Gasteiger partial charge in [0.1, 0.15) is 0 Å². The summed E-state index contributed by atoms with van der Waals surface area (Å²) in [5, 5.41) is 7.42. The lowest BCUT2D eigenvalue weighted by Crippen LogP contribution is -1.92. The average Bonchev–Trinajstić information content (AvgIpc) is 3.77. The zero-order chi connectivity index (χ0) is 32.2. The number of hydrogen-bond donors (Lipinski definition) is 0. The summed E-state index contributed by atoms with van der Waals surface area (Å²) in [6.07, 6.45) is 3.94. The Morgan fingerprint density at radius 2 is 1.14 bits per heavy atom. The number of hydrogen-bond acceptors (Lipinski definition) is 2. The minimum absolute atomic E-state index is 0.959. The van der Waals surface area contributed by atoms with Gasteiger partial charge in [-0.3, -0.25) is 9.97 Å². The standard InChI is InChI=1S/C45H28N4/c1-48-40-17-14-28(29-15-19-43-34(22-29)32-11-5-6-13-42(32)49(43)31-9-3-2-4-10-31)23-35(40)36-24-30(16-18-41(36)48)39-25-37-38(26-47-39)33-12-7-8-27-20-21-46-45(37)44(27)33/h2-26H,1H3. The zero-order valence-electron chi connectivity index (χ0n) is 26.7. The van der Waals surface area contributed by atoms with Gasteiger partial charge < -0.3 is 9.13 Å². The lowest BCUT2D eigenvalue weighted by Gasteiger charge is -2.08. The Hall–Kier alpha value is -6.52. The van der Waals surface area contributed by atoms with Crippen molar-refractivity contribution in [3.8, 4) is 50.5 Å². The number of aryl methyl sites for hydroxylation is 1. The minimum atomic E-state index is 0.959. The highest BCUT2D eigenvalue weighted by Crippen LogP contribution is 2.47. The maximum Gasteiger partial charge on any atom is 0.0794 e. The summed E-state index contributed by atoms with van der Waals surface area (Å²) in [5.41, 5.74) is 15.1. The van der Waals surface area contributed by atoms with Crippen LogP contribution in [0.4, 0.5) is 0 Å². The van der Waals surface area contributed by atoms with Crippen LogP contribution in [-0.2, 0) is 7.05 Å². The van der Waals surface area contributed by atoms with Gasteiger partial charge in [-0.15, -0.1) is 0 Å². The molecule has 11 rings (SSSR count). The van der Waals surface area contributed by atoms with Crippen molar-refractivity contribution in [2.24, 2.45) is 7.05 Å². The molecule has 10 aromatic rings.